The first kappa shape index (κ1) is 32.8. The number of aromatic nitrogens is 1. The molecule has 0 amide bonds. The van der Waals surface area contributed by atoms with Crippen molar-refractivity contribution in [2.45, 2.75) is 44.0 Å². The first-order chi connectivity index (χ1) is 22.2. The van der Waals surface area contributed by atoms with E-state index in [4.69, 9.17) is 8.74 Å². The Morgan fingerprint density at radius 2 is 1.70 bits per heavy atom. The number of anilines is 1. The third-order valence-corrected chi connectivity index (χ3v) is 11.4. The van der Waals surface area contributed by atoms with Gasteiger partial charge < -0.3 is 4.90 Å². The number of unbranched alkanes of at least 4 members (excludes halogenated alkanes) is 1. The quantitative estimate of drug-likeness (QED) is 0.0553. The Morgan fingerprint density at radius 3 is 2.43 bits per heavy atom. The van der Waals surface area contributed by atoms with Crippen molar-refractivity contribution >= 4 is 88.1 Å². The molecule has 240 valence electrons. The van der Waals surface area contributed by atoms with Gasteiger partial charge in [0.15, 0.2) is 6.54 Å². The zero-order chi connectivity index (χ0) is 32.3. The van der Waals surface area contributed by atoms with Crippen molar-refractivity contribution in [2.24, 2.45) is 0 Å². The van der Waals surface area contributed by atoms with Crippen molar-refractivity contribution in [1.29, 1.82) is 0 Å². The molecule has 0 radical (unpaired) electrons. The van der Waals surface area contributed by atoms with Crippen LogP contribution in [-0.2, 0) is 32.2 Å². The Morgan fingerprint density at radius 1 is 0.978 bits per heavy atom. The average Bonchev–Trinajstić information content (AvgIpc) is 3.57. The van der Waals surface area contributed by atoms with E-state index in [1.807, 2.05) is 18.2 Å². The number of aryl methyl sites for hydroxylation is 1. The summed E-state index contributed by atoms with van der Waals surface area (Å²) in [6.45, 7) is 3.52. The minimum absolute atomic E-state index is 0.212. The Bertz CT molecular complexity index is 2110. The van der Waals surface area contributed by atoms with Gasteiger partial charge in [-0.1, -0.05) is 84.6 Å². The largest absolute Gasteiger partial charge is 0.335 e. The summed E-state index contributed by atoms with van der Waals surface area (Å²) in [6, 6.07) is 25.1. The summed E-state index contributed by atoms with van der Waals surface area (Å²) in [5, 5.41) is 6.69. The van der Waals surface area contributed by atoms with Gasteiger partial charge >= 0.3 is 11.4 Å². The van der Waals surface area contributed by atoms with E-state index >= 15 is 0 Å². The van der Waals surface area contributed by atoms with E-state index in [2.05, 4.69) is 83.1 Å². The Balaban J connectivity index is 1.40. The molecule has 2 heterocycles. The minimum Gasteiger partial charge on any atom is -0.335 e. The second kappa shape index (κ2) is 14.3. The number of rotatable bonds is 13. The van der Waals surface area contributed by atoms with Gasteiger partial charge in [-0.2, -0.15) is 17.2 Å². The molecule has 8 nitrogen and oxygen atoms in total. The van der Waals surface area contributed by atoms with Crippen LogP contribution in [0.4, 0.5) is 5.69 Å². The van der Waals surface area contributed by atoms with Crippen LogP contribution in [0.25, 0.3) is 37.8 Å². The number of hydrogen-bond acceptors (Lipinski definition) is 7. The van der Waals surface area contributed by atoms with Gasteiger partial charge in [-0.3, -0.25) is 13.3 Å². The van der Waals surface area contributed by atoms with Crippen molar-refractivity contribution in [3.05, 3.63) is 94.5 Å². The lowest BCUT2D eigenvalue weighted by Gasteiger charge is -2.22. The molecule has 1 aliphatic rings. The van der Waals surface area contributed by atoms with Crippen LogP contribution in [0.1, 0.15) is 37.6 Å². The van der Waals surface area contributed by atoms with Crippen molar-refractivity contribution < 1.29 is 30.5 Å². The molecule has 0 spiro atoms. The number of thioether (sulfide) groups is 1. The van der Waals surface area contributed by atoms with E-state index in [1.165, 1.54) is 21.4 Å². The number of thiazole rings is 1. The third-order valence-electron chi connectivity index (χ3n) is 8.00. The smallest absolute Gasteiger partial charge is 0.301 e. The highest BCUT2D eigenvalue weighted by atomic mass is 32.2. The summed E-state index contributed by atoms with van der Waals surface area (Å²) in [7, 11) is -4.07. The lowest BCUT2D eigenvalue weighted by Crippen LogP contribution is -2.36. The fourth-order valence-corrected chi connectivity index (χ4v) is 8.99. The lowest BCUT2D eigenvalue weighted by molar-refractivity contribution is -0.667. The van der Waals surface area contributed by atoms with Gasteiger partial charge in [-0.15, -0.1) is 0 Å². The van der Waals surface area contributed by atoms with Gasteiger partial charge in [0.25, 0.3) is 15.1 Å². The lowest BCUT2D eigenvalue weighted by atomic mass is 10.1. The second-order valence-corrected chi connectivity index (χ2v) is 15.4. The first-order valence-electron chi connectivity index (χ1n) is 15.1. The standard InChI is InChI=1S/C34H34N2O6S4/c1-2-24(23-32-36(19-9-21-46(39,40)41)34-28-13-6-4-11-26(28)15-17-30(34)44-32)22-31-35(18-7-8-20-42-45(37)38)33-27-12-5-3-10-25(27)14-16-29(33)43-31/h3-6,10-17,22-23H,2,7-9,18-21H2,1H3,(H-,37,38,39,40,41)/p+1. The van der Waals surface area contributed by atoms with E-state index < -0.39 is 21.5 Å². The van der Waals surface area contributed by atoms with Gasteiger partial charge in [0, 0.05) is 29.3 Å². The summed E-state index contributed by atoms with van der Waals surface area (Å²) < 4.78 is 60.7. The summed E-state index contributed by atoms with van der Waals surface area (Å²) in [5.41, 5.74) is 3.36. The van der Waals surface area contributed by atoms with E-state index in [-0.39, 0.29) is 12.4 Å². The fraction of sp³-hybridized carbons (Fsp3) is 0.265. The molecule has 1 atom stereocenters. The molecule has 0 fully saturated rings. The number of nitrogens with zero attached hydrogens (tertiary/aromatic N) is 2. The molecule has 12 heteroatoms. The number of hydrogen-bond donors (Lipinski definition) is 2. The Kier molecular flexibility index (Phi) is 10.2. The summed E-state index contributed by atoms with van der Waals surface area (Å²) in [6.07, 6.45) is 6.94. The topological polar surface area (TPSA) is 108 Å². The normalized spacial score (nSPS) is 15.4. The second-order valence-electron chi connectivity index (χ2n) is 11.1. The number of fused-ring (bicyclic) bond motifs is 6. The minimum atomic E-state index is -4.07. The van der Waals surface area contributed by atoms with Crippen LogP contribution in [0.3, 0.4) is 0 Å². The first-order valence-corrected chi connectivity index (χ1v) is 19.4. The third kappa shape index (κ3) is 7.38. The van der Waals surface area contributed by atoms with Gasteiger partial charge in [0.2, 0.25) is 5.52 Å². The van der Waals surface area contributed by atoms with Crippen molar-refractivity contribution in [3.63, 3.8) is 0 Å². The van der Waals surface area contributed by atoms with Crippen LogP contribution >= 0.6 is 23.1 Å². The van der Waals surface area contributed by atoms with Crippen LogP contribution in [0, 0.1) is 0 Å². The molecule has 2 N–H and O–H groups in total. The molecular formula is C34H35N2O6S4+. The zero-order valence-corrected chi connectivity index (χ0v) is 28.6. The molecule has 4 aromatic carbocycles. The molecule has 0 saturated carbocycles. The van der Waals surface area contributed by atoms with E-state index in [0.29, 0.717) is 19.4 Å². The van der Waals surface area contributed by atoms with Crippen LogP contribution in [0.2, 0.25) is 0 Å². The van der Waals surface area contributed by atoms with Gasteiger partial charge in [-0.05, 0) is 59.9 Å². The molecule has 1 aliphatic heterocycles. The van der Waals surface area contributed by atoms with Crippen molar-refractivity contribution in [3.8, 4) is 0 Å². The van der Waals surface area contributed by atoms with Gasteiger partial charge in [-0.25, -0.2) is 0 Å². The van der Waals surface area contributed by atoms with Gasteiger partial charge in [0.1, 0.15) is 4.70 Å². The number of allylic oxidation sites excluding steroid dienone is 2. The molecule has 0 aliphatic carbocycles. The molecule has 6 rings (SSSR count). The summed E-state index contributed by atoms with van der Waals surface area (Å²) in [4.78, 5) is 3.53. The summed E-state index contributed by atoms with van der Waals surface area (Å²) >= 11 is 1.15. The highest BCUT2D eigenvalue weighted by Crippen LogP contribution is 2.50. The fourth-order valence-electron chi connectivity index (χ4n) is 5.88. The van der Waals surface area contributed by atoms with Crippen molar-refractivity contribution in [2.75, 3.05) is 23.8 Å². The molecule has 1 unspecified atom stereocenters. The maximum atomic E-state index is 11.6. The molecular weight excluding hydrogens is 661 g/mol. The predicted octanol–water partition coefficient (Wildman–Crippen LogP) is 7.95. The van der Waals surface area contributed by atoms with Crippen LogP contribution in [0.15, 0.2) is 94.4 Å². The van der Waals surface area contributed by atoms with Crippen molar-refractivity contribution in [1.82, 2.24) is 0 Å². The Labute approximate surface area is 279 Å². The SMILES string of the molecule is CCC(=Cc1sc2ccc3ccccc3c2[n+]1CCCS(=O)(=O)O)C=C1Sc2ccc3ccccc3c2N1CCCCOS(=O)O. The maximum Gasteiger partial charge on any atom is 0.301 e. The monoisotopic (exact) mass is 695 g/mol. The average molecular weight is 696 g/mol. The Hall–Kier alpha value is -3.10. The zero-order valence-electron chi connectivity index (χ0n) is 25.3. The molecule has 0 bridgehead atoms. The summed E-state index contributed by atoms with van der Waals surface area (Å²) in [5.74, 6) is -0.299. The molecule has 5 aromatic rings. The molecule has 0 saturated heterocycles. The highest BCUT2D eigenvalue weighted by Gasteiger charge is 2.28. The molecule has 1 aromatic heterocycles. The van der Waals surface area contributed by atoms with Crippen LogP contribution in [-0.4, -0.2) is 40.6 Å². The highest BCUT2D eigenvalue weighted by molar-refractivity contribution is 8.03. The van der Waals surface area contributed by atoms with E-state index in [0.717, 1.165) is 56.0 Å². The van der Waals surface area contributed by atoms with Gasteiger partial charge in [0.05, 0.1) is 28.5 Å². The maximum absolute atomic E-state index is 11.6. The predicted molar refractivity (Wildman–Crippen MR) is 190 cm³/mol. The molecule has 46 heavy (non-hydrogen) atoms. The van der Waals surface area contributed by atoms with E-state index in [9.17, 15) is 17.2 Å². The van der Waals surface area contributed by atoms with Crippen LogP contribution in [0.5, 0.6) is 0 Å². The van der Waals surface area contributed by atoms with E-state index in [1.54, 1.807) is 23.1 Å². The number of benzene rings is 4. The van der Waals surface area contributed by atoms with Crippen LogP contribution < -0.4 is 9.47 Å².